The molecule has 27 heavy (non-hydrogen) atoms. The van der Waals surface area contributed by atoms with Crippen LogP contribution in [-0.2, 0) is 0 Å². The van der Waals surface area contributed by atoms with Gasteiger partial charge in [-0.15, -0.1) is 0 Å². The van der Waals surface area contributed by atoms with Crippen molar-refractivity contribution in [1.29, 1.82) is 0 Å². The molecular formula is C18H20Cl3N5O. The number of rotatable bonds is 3. The van der Waals surface area contributed by atoms with Gasteiger partial charge >= 0.3 is 6.03 Å². The summed E-state index contributed by atoms with van der Waals surface area (Å²) >= 11 is 18.1. The molecule has 2 amide bonds. The molecule has 0 spiro atoms. The lowest BCUT2D eigenvalue weighted by atomic mass is 10.00. The van der Waals surface area contributed by atoms with E-state index in [-0.39, 0.29) is 18.0 Å². The van der Waals surface area contributed by atoms with E-state index in [4.69, 9.17) is 34.8 Å². The van der Waals surface area contributed by atoms with Crippen molar-refractivity contribution >= 4 is 52.5 Å². The maximum absolute atomic E-state index is 12.9. The number of halogens is 3. The Hall–Kier alpha value is -1.76. The molecule has 2 aromatic rings. The van der Waals surface area contributed by atoms with Crippen LogP contribution in [0, 0.1) is 5.92 Å². The Bertz CT molecular complexity index is 832. The van der Waals surface area contributed by atoms with Crippen molar-refractivity contribution in [3.05, 3.63) is 45.7 Å². The maximum Gasteiger partial charge on any atom is 0.322 e. The third-order valence-electron chi connectivity index (χ3n) is 4.51. The Morgan fingerprint density at radius 2 is 2.00 bits per heavy atom. The van der Waals surface area contributed by atoms with Crippen LogP contribution in [0.1, 0.15) is 13.8 Å². The summed E-state index contributed by atoms with van der Waals surface area (Å²) in [5.41, 5.74) is 0.536. The number of piperazine rings is 1. The molecule has 1 aromatic heterocycles. The normalized spacial score (nSPS) is 17.3. The number of nitrogens with zero attached hydrogens (tertiary/aromatic N) is 4. The molecule has 1 saturated heterocycles. The van der Waals surface area contributed by atoms with E-state index >= 15 is 0 Å². The molecular weight excluding hydrogens is 409 g/mol. The Morgan fingerprint density at radius 3 is 2.67 bits per heavy atom. The van der Waals surface area contributed by atoms with Crippen LogP contribution in [0.2, 0.25) is 15.2 Å². The summed E-state index contributed by atoms with van der Waals surface area (Å²) in [6, 6.07) is 6.44. The van der Waals surface area contributed by atoms with Crippen molar-refractivity contribution < 1.29 is 4.79 Å². The van der Waals surface area contributed by atoms with Crippen LogP contribution in [0.4, 0.5) is 16.4 Å². The monoisotopic (exact) mass is 427 g/mol. The third-order valence-corrected chi connectivity index (χ3v) is 5.27. The van der Waals surface area contributed by atoms with Gasteiger partial charge in [0.25, 0.3) is 0 Å². The van der Waals surface area contributed by atoms with Gasteiger partial charge in [-0.25, -0.2) is 14.8 Å². The van der Waals surface area contributed by atoms with Gasteiger partial charge in [-0.05, 0) is 30.2 Å². The molecule has 0 bridgehead atoms. The Kier molecular flexibility index (Phi) is 6.29. The fourth-order valence-electron chi connectivity index (χ4n) is 3.07. The Morgan fingerprint density at radius 1 is 1.22 bits per heavy atom. The molecule has 1 fully saturated rings. The number of benzene rings is 1. The zero-order valence-electron chi connectivity index (χ0n) is 15.0. The SMILES string of the molecule is CC(C)C1CN(c2nccc(Cl)n2)CCN1C(=O)Nc1ccc(Cl)cc1Cl. The largest absolute Gasteiger partial charge is 0.337 e. The van der Waals surface area contributed by atoms with Gasteiger partial charge in [-0.2, -0.15) is 0 Å². The van der Waals surface area contributed by atoms with Crippen molar-refractivity contribution in [3.63, 3.8) is 0 Å². The highest BCUT2D eigenvalue weighted by Gasteiger charge is 2.33. The maximum atomic E-state index is 12.9. The van der Waals surface area contributed by atoms with Gasteiger partial charge in [-0.1, -0.05) is 48.7 Å². The minimum atomic E-state index is -0.190. The molecule has 0 aliphatic carbocycles. The molecule has 1 aliphatic rings. The smallest absolute Gasteiger partial charge is 0.322 e. The van der Waals surface area contributed by atoms with E-state index in [2.05, 4.69) is 34.0 Å². The second-order valence-corrected chi connectivity index (χ2v) is 7.92. The van der Waals surface area contributed by atoms with E-state index in [1.165, 1.54) is 0 Å². The van der Waals surface area contributed by atoms with E-state index in [1.54, 1.807) is 30.5 Å². The van der Waals surface area contributed by atoms with Crippen LogP contribution < -0.4 is 10.2 Å². The predicted molar refractivity (Wildman–Crippen MR) is 110 cm³/mol. The molecule has 1 aromatic carbocycles. The molecule has 144 valence electrons. The van der Waals surface area contributed by atoms with Gasteiger partial charge in [-0.3, -0.25) is 0 Å². The van der Waals surface area contributed by atoms with Gasteiger partial charge in [0.1, 0.15) is 5.15 Å². The van der Waals surface area contributed by atoms with Crippen LogP contribution in [0.5, 0.6) is 0 Å². The molecule has 1 aliphatic heterocycles. The van der Waals surface area contributed by atoms with Crippen LogP contribution in [0.3, 0.4) is 0 Å². The zero-order chi connectivity index (χ0) is 19.6. The number of hydrogen-bond acceptors (Lipinski definition) is 4. The highest BCUT2D eigenvalue weighted by molar-refractivity contribution is 6.36. The van der Waals surface area contributed by atoms with Crippen LogP contribution in [0.15, 0.2) is 30.5 Å². The van der Waals surface area contributed by atoms with Gasteiger partial charge in [0.05, 0.1) is 16.8 Å². The number of carbonyl (C=O) groups excluding carboxylic acids is 1. The van der Waals surface area contributed by atoms with Crippen LogP contribution in [-0.4, -0.2) is 46.6 Å². The fourth-order valence-corrected chi connectivity index (χ4v) is 3.66. The van der Waals surface area contributed by atoms with E-state index in [1.807, 2.05) is 4.90 Å². The molecule has 1 atom stereocenters. The number of anilines is 2. The van der Waals surface area contributed by atoms with Crippen LogP contribution in [0.25, 0.3) is 0 Å². The number of amides is 2. The number of nitrogens with one attached hydrogen (secondary N) is 1. The van der Waals surface area contributed by atoms with Crippen molar-refractivity contribution in [2.45, 2.75) is 19.9 Å². The summed E-state index contributed by atoms with van der Waals surface area (Å²) in [6.07, 6.45) is 1.64. The molecule has 9 heteroatoms. The van der Waals surface area contributed by atoms with E-state index in [0.717, 1.165) is 0 Å². The summed E-state index contributed by atoms with van der Waals surface area (Å²) in [6.45, 7) is 5.95. The molecule has 1 N–H and O–H groups in total. The van der Waals surface area contributed by atoms with Crippen LogP contribution >= 0.6 is 34.8 Å². The van der Waals surface area contributed by atoms with E-state index in [0.29, 0.717) is 46.5 Å². The van der Waals surface area contributed by atoms with E-state index in [9.17, 15) is 4.79 Å². The summed E-state index contributed by atoms with van der Waals surface area (Å²) in [7, 11) is 0. The lowest BCUT2D eigenvalue weighted by molar-refractivity contribution is 0.156. The van der Waals surface area contributed by atoms with Gasteiger partial charge < -0.3 is 15.1 Å². The highest BCUT2D eigenvalue weighted by Crippen LogP contribution is 2.27. The number of carbonyl (C=O) groups is 1. The molecule has 0 radical (unpaired) electrons. The summed E-state index contributed by atoms with van der Waals surface area (Å²) < 4.78 is 0. The first-order chi connectivity index (χ1) is 12.8. The molecule has 6 nitrogen and oxygen atoms in total. The molecule has 2 heterocycles. The Labute approximate surface area is 173 Å². The number of hydrogen-bond donors (Lipinski definition) is 1. The fraction of sp³-hybridized carbons (Fsp3) is 0.389. The number of urea groups is 1. The first-order valence-corrected chi connectivity index (χ1v) is 9.74. The summed E-state index contributed by atoms with van der Waals surface area (Å²) in [5, 5.41) is 4.21. The number of aromatic nitrogens is 2. The first-order valence-electron chi connectivity index (χ1n) is 8.61. The third kappa shape index (κ3) is 4.75. The average Bonchev–Trinajstić information content (AvgIpc) is 2.63. The molecule has 0 saturated carbocycles. The standard InChI is InChI=1S/C18H20Cl3N5O/c1-11(2)15-10-25(17-22-6-5-16(21)24-17)7-8-26(15)18(27)23-14-4-3-12(19)9-13(14)20/h3-6,9,11,15H,7-8,10H2,1-2H3,(H,23,27). The summed E-state index contributed by atoms with van der Waals surface area (Å²) in [4.78, 5) is 25.3. The quantitative estimate of drug-likeness (QED) is 0.712. The van der Waals surface area contributed by atoms with Crippen molar-refractivity contribution in [2.24, 2.45) is 5.92 Å². The first kappa shape index (κ1) is 20.0. The average molecular weight is 429 g/mol. The van der Waals surface area contributed by atoms with Crippen molar-refractivity contribution in [1.82, 2.24) is 14.9 Å². The van der Waals surface area contributed by atoms with Crippen molar-refractivity contribution in [2.75, 3.05) is 29.9 Å². The van der Waals surface area contributed by atoms with Gasteiger partial charge in [0, 0.05) is 30.9 Å². The minimum absolute atomic E-state index is 0.00703. The lowest BCUT2D eigenvalue weighted by Gasteiger charge is -2.43. The Balaban J connectivity index is 1.74. The molecule has 3 rings (SSSR count). The zero-order valence-corrected chi connectivity index (χ0v) is 17.3. The minimum Gasteiger partial charge on any atom is -0.337 e. The lowest BCUT2D eigenvalue weighted by Crippen LogP contribution is -2.58. The van der Waals surface area contributed by atoms with E-state index < -0.39 is 0 Å². The topological polar surface area (TPSA) is 61.4 Å². The highest BCUT2D eigenvalue weighted by atomic mass is 35.5. The predicted octanol–water partition coefficient (Wildman–Crippen LogP) is 4.82. The second kappa shape index (κ2) is 8.50. The second-order valence-electron chi connectivity index (χ2n) is 6.68. The van der Waals surface area contributed by atoms with Gasteiger partial charge in [0.2, 0.25) is 5.95 Å². The van der Waals surface area contributed by atoms with Crippen molar-refractivity contribution in [3.8, 4) is 0 Å². The molecule has 1 unspecified atom stereocenters. The summed E-state index contributed by atoms with van der Waals surface area (Å²) in [5.74, 6) is 0.826. The van der Waals surface area contributed by atoms with Gasteiger partial charge in [0.15, 0.2) is 0 Å².